The third kappa shape index (κ3) is 1.91. The van der Waals surface area contributed by atoms with Gasteiger partial charge in [-0.05, 0) is 44.2 Å². The number of carbonyl (C=O) groups excluding carboxylic acids is 1. The van der Waals surface area contributed by atoms with Gasteiger partial charge in [-0.3, -0.25) is 4.79 Å². The average molecular weight is 343 g/mol. The van der Waals surface area contributed by atoms with Crippen LogP contribution in [0.3, 0.4) is 0 Å². The van der Waals surface area contributed by atoms with Crippen molar-refractivity contribution in [3.8, 4) is 0 Å². The van der Waals surface area contributed by atoms with Gasteiger partial charge < -0.3 is 4.74 Å². The van der Waals surface area contributed by atoms with Gasteiger partial charge in [0, 0.05) is 4.90 Å². The van der Waals surface area contributed by atoms with Gasteiger partial charge in [-0.15, -0.1) is 11.8 Å². The highest BCUT2D eigenvalue weighted by Gasteiger charge is 2.71. The van der Waals surface area contributed by atoms with Crippen LogP contribution in [0.25, 0.3) is 0 Å². The summed E-state index contributed by atoms with van der Waals surface area (Å²) in [6, 6.07) is 10.2. The first-order chi connectivity index (χ1) is 11.2. The number of ether oxygens (including phenoxy) is 1. The lowest BCUT2D eigenvalue weighted by atomic mass is 9.51. The zero-order valence-electron chi connectivity index (χ0n) is 15.0. The first-order valence-corrected chi connectivity index (χ1v) is 9.79. The van der Waals surface area contributed by atoms with E-state index in [0.717, 1.165) is 24.2 Å². The molecule has 1 aromatic rings. The maximum absolute atomic E-state index is 13.7. The molecule has 3 heteroatoms. The van der Waals surface area contributed by atoms with Crippen LogP contribution in [0.5, 0.6) is 0 Å². The SMILES string of the molecule is CC1(C)CCC[C@@]2(C)C(=O)[C@H](Sc3ccccc3)[C@]3(C)C=C[C@]12O3. The van der Waals surface area contributed by atoms with Crippen LogP contribution in [0.15, 0.2) is 47.4 Å². The molecule has 2 bridgehead atoms. The molecule has 1 aromatic carbocycles. The Morgan fingerprint density at radius 1 is 1.04 bits per heavy atom. The molecule has 1 saturated carbocycles. The lowest BCUT2D eigenvalue weighted by Crippen LogP contribution is -2.70. The van der Waals surface area contributed by atoms with E-state index in [1.165, 1.54) is 0 Å². The molecule has 0 radical (unpaired) electrons. The fourth-order valence-electron chi connectivity index (χ4n) is 5.16. The van der Waals surface area contributed by atoms with E-state index in [1.54, 1.807) is 11.8 Å². The van der Waals surface area contributed by atoms with E-state index in [2.05, 4.69) is 52.0 Å². The lowest BCUT2D eigenvalue weighted by Gasteiger charge is -2.61. The van der Waals surface area contributed by atoms with E-state index in [4.69, 9.17) is 4.74 Å². The number of thioether (sulfide) groups is 1. The van der Waals surface area contributed by atoms with Crippen LogP contribution in [0, 0.1) is 10.8 Å². The van der Waals surface area contributed by atoms with Crippen molar-refractivity contribution in [2.75, 3.05) is 0 Å². The van der Waals surface area contributed by atoms with Gasteiger partial charge >= 0.3 is 0 Å². The van der Waals surface area contributed by atoms with E-state index >= 15 is 0 Å². The molecule has 128 valence electrons. The number of carbonyl (C=O) groups is 1. The van der Waals surface area contributed by atoms with Gasteiger partial charge in [-0.25, -0.2) is 0 Å². The Labute approximate surface area is 149 Å². The lowest BCUT2D eigenvalue weighted by molar-refractivity contribution is -0.234. The number of ketones is 1. The van der Waals surface area contributed by atoms with Gasteiger partial charge in [0.2, 0.25) is 0 Å². The third-order valence-corrected chi connectivity index (χ3v) is 8.10. The molecular weight excluding hydrogens is 316 g/mol. The maximum Gasteiger partial charge on any atom is 0.158 e. The number of fused-ring (bicyclic) bond motifs is 1. The highest BCUT2D eigenvalue weighted by molar-refractivity contribution is 8.00. The van der Waals surface area contributed by atoms with Crippen LogP contribution in [0.2, 0.25) is 0 Å². The van der Waals surface area contributed by atoms with Gasteiger partial charge in [0.15, 0.2) is 5.78 Å². The Balaban J connectivity index is 1.79. The van der Waals surface area contributed by atoms with Crippen LogP contribution in [0.4, 0.5) is 0 Å². The van der Waals surface area contributed by atoms with Crippen LogP contribution in [-0.4, -0.2) is 22.2 Å². The van der Waals surface area contributed by atoms with E-state index in [9.17, 15) is 4.79 Å². The van der Waals surface area contributed by atoms with Crippen molar-refractivity contribution < 1.29 is 9.53 Å². The van der Waals surface area contributed by atoms with Gasteiger partial charge in [0.25, 0.3) is 0 Å². The second-order valence-corrected chi connectivity index (χ2v) is 9.78. The number of benzene rings is 1. The predicted molar refractivity (Wildman–Crippen MR) is 98.2 cm³/mol. The zero-order valence-corrected chi connectivity index (χ0v) is 15.8. The standard InChI is InChI=1S/C21H26O2S/c1-18(2)11-8-12-19(3)16(22)17(24-15-9-6-5-7-10-15)20(4)13-14-21(18,19)23-20/h5-7,9-10,13-14,17H,8,11-12H2,1-4H3/t17-,19-,20-,21-/m0/s1. The Morgan fingerprint density at radius 3 is 2.46 bits per heavy atom. The molecular formula is C21H26O2S. The number of hydrogen-bond donors (Lipinski definition) is 0. The van der Waals surface area contributed by atoms with E-state index < -0.39 is 16.6 Å². The minimum Gasteiger partial charge on any atom is -0.357 e. The first-order valence-electron chi connectivity index (χ1n) is 8.91. The summed E-state index contributed by atoms with van der Waals surface area (Å²) in [5.74, 6) is 0.364. The van der Waals surface area contributed by atoms with Crippen molar-refractivity contribution in [3.63, 3.8) is 0 Å². The maximum atomic E-state index is 13.7. The van der Waals surface area contributed by atoms with Crippen molar-refractivity contribution in [1.29, 1.82) is 0 Å². The molecule has 24 heavy (non-hydrogen) atoms. The summed E-state index contributed by atoms with van der Waals surface area (Å²) in [6.07, 6.45) is 7.52. The third-order valence-electron chi connectivity index (χ3n) is 6.63. The topological polar surface area (TPSA) is 26.3 Å². The zero-order chi connectivity index (χ0) is 17.2. The molecule has 2 fully saturated rings. The molecule has 1 saturated heterocycles. The second-order valence-electron chi connectivity index (χ2n) is 8.60. The fraction of sp³-hybridized carbons (Fsp3) is 0.571. The van der Waals surface area contributed by atoms with Crippen molar-refractivity contribution in [3.05, 3.63) is 42.5 Å². The summed E-state index contributed by atoms with van der Waals surface area (Å²) in [6.45, 7) is 8.75. The van der Waals surface area contributed by atoms with Crippen molar-refractivity contribution in [2.24, 2.45) is 10.8 Å². The monoisotopic (exact) mass is 342 g/mol. The van der Waals surface area contributed by atoms with Crippen LogP contribution in [-0.2, 0) is 9.53 Å². The minimum atomic E-state index is -0.522. The largest absolute Gasteiger partial charge is 0.357 e. The molecule has 4 atom stereocenters. The molecule has 1 spiro atoms. The van der Waals surface area contributed by atoms with Crippen LogP contribution >= 0.6 is 11.8 Å². The van der Waals surface area contributed by atoms with E-state index in [0.29, 0.717) is 5.78 Å². The Hall–Kier alpha value is -1.06. The normalized spacial score (nSPS) is 42.8. The number of Topliss-reactive ketones (excluding diaryl/α,β-unsaturated/α-hetero) is 1. The molecule has 2 aliphatic heterocycles. The summed E-state index contributed by atoms with van der Waals surface area (Å²) in [7, 11) is 0. The highest BCUT2D eigenvalue weighted by atomic mass is 32.2. The van der Waals surface area contributed by atoms with Crippen molar-refractivity contribution >= 4 is 17.5 Å². The molecule has 0 amide bonds. The quantitative estimate of drug-likeness (QED) is 0.705. The summed E-state index contributed by atoms with van der Waals surface area (Å²) in [5.41, 5.74) is -1.44. The van der Waals surface area contributed by atoms with E-state index in [1.807, 2.05) is 18.2 Å². The van der Waals surface area contributed by atoms with Crippen molar-refractivity contribution in [1.82, 2.24) is 0 Å². The van der Waals surface area contributed by atoms with Gasteiger partial charge in [-0.1, -0.05) is 50.6 Å². The van der Waals surface area contributed by atoms with Gasteiger partial charge in [0.05, 0.1) is 5.41 Å². The summed E-state index contributed by atoms with van der Waals surface area (Å²) >= 11 is 1.66. The molecule has 2 nitrogen and oxygen atoms in total. The van der Waals surface area contributed by atoms with Crippen LogP contribution < -0.4 is 0 Å². The van der Waals surface area contributed by atoms with Crippen molar-refractivity contribution in [2.45, 2.75) is 68.3 Å². The molecule has 1 aliphatic carbocycles. The predicted octanol–water partition coefficient (Wildman–Crippen LogP) is 5.03. The smallest absolute Gasteiger partial charge is 0.158 e. The van der Waals surface area contributed by atoms with Gasteiger partial charge in [-0.2, -0.15) is 0 Å². The fourth-order valence-corrected chi connectivity index (χ4v) is 6.48. The van der Waals surface area contributed by atoms with E-state index in [-0.39, 0.29) is 10.7 Å². The molecule has 4 rings (SSSR count). The molecule has 3 aliphatic rings. The first kappa shape index (κ1) is 16.4. The summed E-state index contributed by atoms with van der Waals surface area (Å²) in [5, 5.41) is -0.189. The molecule has 0 aromatic heterocycles. The minimum absolute atomic E-state index is 0.0215. The Bertz CT molecular complexity index is 710. The highest BCUT2D eigenvalue weighted by Crippen LogP contribution is 2.65. The molecule has 2 heterocycles. The Morgan fingerprint density at radius 2 is 1.75 bits per heavy atom. The number of hydrogen-bond acceptors (Lipinski definition) is 3. The summed E-state index contributed by atoms with van der Waals surface area (Å²) < 4.78 is 6.80. The molecule has 0 N–H and O–H groups in total. The Kier molecular flexibility index (Phi) is 3.41. The number of rotatable bonds is 2. The van der Waals surface area contributed by atoms with Crippen LogP contribution in [0.1, 0.15) is 47.0 Å². The second kappa shape index (κ2) is 4.98. The average Bonchev–Trinajstić information content (AvgIpc) is 2.89. The van der Waals surface area contributed by atoms with Gasteiger partial charge in [0.1, 0.15) is 16.5 Å². The summed E-state index contributed by atoms with van der Waals surface area (Å²) in [4.78, 5) is 14.8. The molecule has 0 unspecified atom stereocenters.